The highest BCUT2D eigenvalue weighted by atomic mass is 35.5. The molecule has 0 spiro atoms. The number of rotatable bonds is 3. The van der Waals surface area contributed by atoms with Crippen LogP contribution in [0.2, 0.25) is 5.02 Å². The summed E-state index contributed by atoms with van der Waals surface area (Å²) in [7, 11) is 0. The summed E-state index contributed by atoms with van der Waals surface area (Å²) in [6.07, 6.45) is 1.10. The van der Waals surface area contributed by atoms with E-state index in [0.717, 1.165) is 28.6 Å². The molecule has 1 aromatic heterocycles. The number of fused-ring (bicyclic) bond motifs is 1. The molecule has 0 radical (unpaired) electrons. The van der Waals surface area contributed by atoms with Crippen LogP contribution in [0.3, 0.4) is 0 Å². The van der Waals surface area contributed by atoms with Gasteiger partial charge in [-0.15, -0.1) is 0 Å². The van der Waals surface area contributed by atoms with Crippen LogP contribution >= 0.6 is 22.9 Å². The van der Waals surface area contributed by atoms with Crippen LogP contribution in [0.25, 0.3) is 10.2 Å². The molecule has 4 heteroatoms. The van der Waals surface area contributed by atoms with Gasteiger partial charge in [-0.05, 0) is 37.5 Å². The molecule has 86 valence electrons. The lowest BCUT2D eigenvalue weighted by atomic mass is 10.1. The minimum atomic E-state index is 0.749. The first-order chi connectivity index (χ1) is 7.63. The van der Waals surface area contributed by atoms with Crippen molar-refractivity contribution in [2.45, 2.75) is 27.2 Å². The fourth-order valence-electron chi connectivity index (χ4n) is 1.59. The Balaban J connectivity index is 2.52. The summed E-state index contributed by atoms with van der Waals surface area (Å²) in [5.41, 5.74) is 3.43. The van der Waals surface area contributed by atoms with Gasteiger partial charge in [0.15, 0.2) is 5.13 Å². The molecule has 0 bridgehead atoms. The largest absolute Gasteiger partial charge is 0.361 e. The summed E-state index contributed by atoms with van der Waals surface area (Å²) in [6.45, 7) is 7.30. The molecule has 1 aromatic carbocycles. The molecule has 2 nitrogen and oxygen atoms in total. The Morgan fingerprint density at radius 3 is 2.88 bits per heavy atom. The van der Waals surface area contributed by atoms with E-state index in [1.54, 1.807) is 11.3 Å². The third-order valence-electron chi connectivity index (χ3n) is 2.65. The zero-order valence-corrected chi connectivity index (χ0v) is 11.3. The molecule has 0 unspecified atom stereocenters. The average molecular weight is 255 g/mol. The van der Waals surface area contributed by atoms with Crippen LogP contribution in [0.1, 0.15) is 24.5 Å². The summed E-state index contributed by atoms with van der Waals surface area (Å²) in [5.74, 6) is 0. The van der Waals surface area contributed by atoms with Crippen molar-refractivity contribution in [3.63, 3.8) is 0 Å². The predicted octanol–water partition coefficient (Wildman–Crippen LogP) is 4.39. The minimum Gasteiger partial charge on any atom is -0.361 e. The third-order valence-corrected chi connectivity index (χ3v) is 4.08. The molecular weight excluding hydrogens is 240 g/mol. The van der Waals surface area contributed by atoms with Crippen molar-refractivity contribution in [2.75, 3.05) is 11.9 Å². The van der Waals surface area contributed by atoms with E-state index in [9.17, 15) is 0 Å². The first kappa shape index (κ1) is 11.7. The van der Waals surface area contributed by atoms with Crippen LogP contribution in [-0.2, 0) is 0 Å². The molecule has 1 N–H and O–H groups in total. The second-order valence-corrected chi connectivity index (χ2v) is 5.33. The van der Waals surface area contributed by atoms with Crippen molar-refractivity contribution in [3.8, 4) is 0 Å². The number of aryl methyl sites for hydroxylation is 2. The second-order valence-electron chi connectivity index (χ2n) is 3.92. The van der Waals surface area contributed by atoms with Gasteiger partial charge >= 0.3 is 0 Å². The molecule has 16 heavy (non-hydrogen) atoms. The van der Waals surface area contributed by atoms with Gasteiger partial charge in [0.05, 0.1) is 9.72 Å². The fourth-order valence-corrected chi connectivity index (χ4v) is 3.02. The maximum Gasteiger partial charge on any atom is 0.183 e. The zero-order valence-electron chi connectivity index (χ0n) is 9.72. The van der Waals surface area contributed by atoms with Crippen LogP contribution in [0.4, 0.5) is 5.13 Å². The number of benzene rings is 1. The number of hydrogen-bond donors (Lipinski definition) is 1. The van der Waals surface area contributed by atoms with Crippen LogP contribution in [0.15, 0.2) is 6.07 Å². The van der Waals surface area contributed by atoms with Crippen LogP contribution < -0.4 is 5.32 Å². The topological polar surface area (TPSA) is 24.9 Å². The molecule has 0 fully saturated rings. The Hall–Kier alpha value is -0.800. The normalized spacial score (nSPS) is 11.0. The molecule has 0 atom stereocenters. The molecule has 0 aliphatic heterocycles. The Bertz CT molecular complexity index is 519. The van der Waals surface area contributed by atoms with Gasteiger partial charge in [0.2, 0.25) is 0 Å². The Labute approximate surface area is 105 Å². The van der Waals surface area contributed by atoms with Gasteiger partial charge in [0.1, 0.15) is 5.52 Å². The van der Waals surface area contributed by atoms with Crippen molar-refractivity contribution in [1.29, 1.82) is 0 Å². The van der Waals surface area contributed by atoms with Crippen LogP contribution in [-0.4, -0.2) is 11.5 Å². The fraction of sp³-hybridized carbons (Fsp3) is 0.417. The summed E-state index contributed by atoms with van der Waals surface area (Å²) < 4.78 is 1.20. The highest BCUT2D eigenvalue weighted by Gasteiger charge is 2.11. The molecule has 0 saturated carbocycles. The van der Waals surface area contributed by atoms with E-state index >= 15 is 0 Å². The standard InChI is InChI=1S/C12H15ClN2S/c1-4-5-14-12-15-10-9(13)6-7(2)8(3)11(10)16-12/h6H,4-5H2,1-3H3,(H,14,15). The highest BCUT2D eigenvalue weighted by molar-refractivity contribution is 7.22. The first-order valence-corrected chi connectivity index (χ1v) is 6.63. The number of aromatic nitrogens is 1. The predicted molar refractivity (Wildman–Crippen MR) is 72.9 cm³/mol. The molecule has 0 aliphatic carbocycles. The highest BCUT2D eigenvalue weighted by Crippen LogP contribution is 2.35. The number of thiazole rings is 1. The van der Waals surface area contributed by atoms with Crippen molar-refractivity contribution >= 4 is 38.3 Å². The summed E-state index contributed by atoms with van der Waals surface area (Å²) in [6, 6.07) is 1.99. The van der Waals surface area contributed by atoms with E-state index in [0.29, 0.717) is 0 Å². The lowest BCUT2D eigenvalue weighted by Crippen LogP contribution is -1.98. The third kappa shape index (κ3) is 2.02. The Morgan fingerprint density at radius 1 is 1.44 bits per heavy atom. The van der Waals surface area contributed by atoms with Gasteiger partial charge in [-0.2, -0.15) is 0 Å². The second kappa shape index (κ2) is 4.60. The number of nitrogens with zero attached hydrogens (tertiary/aromatic N) is 1. The van der Waals surface area contributed by atoms with Gasteiger partial charge in [-0.25, -0.2) is 4.98 Å². The Kier molecular flexibility index (Phi) is 3.36. The Morgan fingerprint density at radius 2 is 2.19 bits per heavy atom. The van der Waals surface area contributed by atoms with Crippen molar-refractivity contribution in [3.05, 3.63) is 22.2 Å². The van der Waals surface area contributed by atoms with E-state index in [4.69, 9.17) is 11.6 Å². The number of nitrogens with one attached hydrogen (secondary N) is 1. The summed E-state index contributed by atoms with van der Waals surface area (Å²) >= 11 is 7.88. The molecule has 0 saturated heterocycles. The van der Waals surface area contributed by atoms with Crippen molar-refractivity contribution in [1.82, 2.24) is 4.98 Å². The van der Waals surface area contributed by atoms with Gasteiger partial charge in [-0.3, -0.25) is 0 Å². The number of halogens is 1. The van der Waals surface area contributed by atoms with Crippen LogP contribution in [0, 0.1) is 13.8 Å². The molecule has 0 amide bonds. The molecule has 0 aliphatic rings. The van der Waals surface area contributed by atoms with Crippen LogP contribution in [0.5, 0.6) is 0 Å². The van der Waals surface area contributed by atoms with Crippen molar-refractivity contribution in [2.24, 2.45) is 0 Å². The van der Waals surface area contributed by atoms with Gasteiger partial charge in [0, 0.05) is 6.54 Å². The molecular formula is C12H15ClN2S. The molecule has 2 rings (SSSR count). The lowest BCUT2D eigenvalue weighted by Gasteiger charge is -2.01. The maximum atomic E-state index is 6.20. The van der Waals surface area contributed by atoms with E-state index in [-0.39, 0.29) is 0 Å². The van der Waals surface area contributed by atoms with E-state index in [1.807, 2.05) is 6.07 Å². The van der Waals surface area contributed by atoms with E-state index in [1.165, 1.54) is 15.8 Å². The minimum absolute atomic E-state index is 0.749. The maximum absolute atomic E-state index is 6.20. The monoisotopic (exact) mass is 254 g/mol. The van der Waals surface area contributed by atoms with Gasteiger partial charge < -0.3 is 5.32 Å². The van der Waals surface area contributed by atoms with Gasteiger partial charge in [-0.1, -0.05) is 29.9 Å². The molecule has 2 aromatic rings. The SMILES string of the molecule is CCCNc1nc2c(Cl)cc(C)c(C)c2s1. The van der Waals surface area contributed by atoms with E-state index in [2.05, 4.69) is 31.1 Å². The van der Waals surface area contributed by atoms with Gasteiger partial charge in [0.25, 0.3) is 0 Å². The quantitative estimate of drug-likeness (QED) is 0.879. The van der Waals surface area contributed by atoms with E-state index < -0.39 is 0 Å². The number of hydrogen-bond acceptors (Lipinski definition) is 3. The first-order valence-electron chi connectivity index (χ1n) is 5.43. The summed E-state index contributed by atoms with van der Waals surface area (Å²) in [5, 5.41) is 5.02. The summed E-state index contributed by atoms with van der Waals surface area (Å²) in [4.78, 5) is 4.53. The molecule has 1 heterocycles. The smallest absolute Gasteiger partial charge is 0.183 e. The lowest BCUT2D eigenvalue weighted by molar-refractivity contribution is 0.977. The number of anilines is 1. The van der Waals surface area contributed by atoms with Crippen molar-refractivity contribution < 1.29 is 0 Å². The average Bonchev–Trinajstić information content (AvgIpc) is 2.68. The zero-order chi connectivity index (χ0) is 11.7.